The predicted molar refractivity (Wildman–Crippen MR) is 42.6 cm³/mol. The first-order valence-electron chi connectivity index (χ1n) is 4.31. The summed E-state index contributed by atoms with van der Waals surface area (Å²) in [5, 5.41) is 3.52. The van der Waals surface area contributed by atoms with Crippen molar-refractivity contribution in [3.8, 4) is 0 Å². The van der Waals surface area contributed by atoms with Gasteiger partial charge < -0.3 is 5.32 Å². The third-order valence-electron chi connectivity index (χ3n) is 2.70. The molecule has 0 radical (unpaired) electrons. The molecule has 2 unspecified atom stereocenters. The molecule has 2 atom stereocenters. The van der Waals surface area contributed by atoms with Gasteiger partial charge in [-0.3, -0.25) is 0 Å². The highest BCUT2D eigenvalue weighted by Gasteiger charge is 2.27. The monoisotopic (exact) mass is 137 g/mol. The summed E-state index contributed by atoms with van der Waals surface area (Å²) >= 11 is 0. The fourth-order valence-corrected chi connectivity index (χ4v) is 2.20. The van der Waals surface area contributed by atoms with E-state index in [1.54, 1.807) is 0 Å². The van der Waals surface area contributed by atoms with Crippen molar-refractivity contribution in [3.05, 3.63) is 11.8 Å². The first kappa shape index (κ1) is 6.26. The van der Waals surface area contributed by atoms with Crippen molar-refractivity contribution >= 4 is 0 Å². The van der Waals surface area contributed by atoms with Crippen molar-refractivity contribution in [2.24, 2.45) is 5.92 Å². The molecule has 0 aromatic rings. The molecule has 0 aromatic carbocycles. The first-order valence-corrected chi connectivity index (χ1v) is 4.31. The molecule has 1 aliphatic heterocycles. The Morgan fingerprint density at radius 3 is 3.00 bits per heavy atom. The maximum Gasteiger partial charge on any atom is 0.0321 e. The Labute approximate surface area is 62.5 Å². The lowest BCUT2D eigenvalue weighted by Crippen LogP contribution is -2.30. The number of rotatable bonds is 0. The third-order valence-corrected chi connectivity index (χ3v) is 2.70. The van der Waals surface area contributed by atoms with E-state index in [1.165, 1.54) is 31.4 Å². The molecule has 1 saturated carbocycles. The molecule has 2 rings (SSSR count). The van der Waals surface area contributed by atoms with E-state index in [-0.39, 0.29) is 0 Å². The van der Waals surface area contributed by atoms with Crippen LogP contribution in [0.4, 0.5) is 0 Å². The highest BCUT2D eigenvalue weighted by atomic mass is 15.0. The van der Waals surface area contributed by atoms with Crippen molar-refractivity contribution in [1.82, 2.24) is 5.32 Å². The summed E-state index contributed by atoms with van der Waals surface area (Å²) in [4.78, 5) is 0. The second-order valence-electron chi connectivity index (χ2n) is 3.55. The zero-order valence-electron chi connectivity index (χ0n) is 6.56. The van der Waals surface area contributed by atoms with E-state index >= 15 is 0 Å². The summed E-state index contributed by atoms with van der Waals surface area (Å²) in [5.41, 5.74) is 1.40. The second kappa shape index (κ2) is 2.30. The van der Waals surface area contributed by atoms with Crippen LogP contribution < -0.4 is 5.32 Å². The molecule has 1 heteroatoms. The van der Waals surface area contributed by atoms with Gasteiger partial charge in [0, 0.05) is 11.7 Å². The maximum atomic E-state index is 3.52. The van der Waals surface area contributed by atoms with E-state index < -0.39 is 0 Å². The van der Waals surface area contributed by atoms with Crippen LogP contribution in [-0.2, 0) is 0 Å². The summed E-state index contributed by atoms with van der Waals surface area (Å²) in [5.74, 6) is 0.869. The van der Waals surface area contributed by atoms with Gasteiger partial charge in [0.1, 0.15) is 0 Å². The lowest BCUT2D eigenvalue weighted by atomic mass is 9.86. The van der Waals surface area contributed by atoms with Gasteiger partial charge in [-0.15, -0.1) is 0 Å². The van der Waals surface area contributed by atoms with E-state index in [2.05, 4.69) is 18.3 Å². The SMILES string of the molecule is CC1=CC2CCCCC2N1. The van der Waals surface area contributed by atoms with Crippen LogP contribution in [0.15, 0.2) is 11.8 Å². The Hall–Kier alpha value is -0.460. The predicted octanol–water partition coefficient (Wildman–Crippen LogP) is 2.05. The summed E-state index contributed by atoms with van der Waals surface area (Å²) < 4.78 is 0. The van der Waals surface area contributed by atoms with Crippen LogP contribution in [0.25, 0.3) is 0 Å². The Balaban J connectivity index is 2.06. The molecule has 1 fully saturated rings. The molecule has 0 aromatic heterocycles. The summed E-state index contributed by atoms with van der Waals surface area (Å²) in [6.07, 6.45) is 8.07. The quantitative estimate of drug-likeness (QED) is 0.539. The van der Waals surface area contributed by atoms with Gasteiger partial charge in [0.05, 0.1) is 0 Å². The van der Waals surface area contributed by atoms with Crippen molar-refractivity contribution in [2.45, 2.75) is 38.6 Å². The van der Waals surface area contributed by atoms with Crippen LogP contribution in [-0.4, -0.2) is 6.04 Å². The molecular formula is C9H15N. The fourth-order valence-electron chi connectivity index (χ4n) is 2.20. The van der Waals surface area contributed by atoms with Crippen molar-refractivity contribution in [1.29, 1.82) is 0 Å². The van der Waals surface area contributed by atoms with E-state index in [4.69, 9.17) is 0 Å². The Morgan fingerprint density at radius 2 is 2.20 bits per heavy atom. The summed E-state index contributed by atoms with van der Waals surface area (Å²) in [7, 11) is 0. The number of nitrogens with one attached hydrogen (secondary N) is 1. The lowest BCUT2D eigenvalue weighted by Gasteiger charge is -2.24. The molecule has 2 aliphatic rings. The van der Waals surface area contributed by atoms with Crippen molar-refractivity contribution < 1.29 is 0 Å². The van der Waals surface area contributed by atoms with Gasteiger partial charge in [-0.1, -0.05) is 18.9 Å². The average Bonchev–Trinajstić information content (AvgIpc) is 2.27. The van der Waals surface area contributed by atoms with Crippen LogP contribution in [0.3, 0.4) is 0 Å². The minimum absolute atomic E-state index is 0.800. The number of hydrogen-bond donors (Lipinski definition) is 1. The second-order valence-corrected chi connectivity index (χ2v) is 3.55. The zero-order chi connectivity index (χ0) is 6.97. The topological polar surface area (TPSA) is 12.0 Å². The maximum absolute atomic E-state index is 3.52. The fraction of sp³-hybridized carbons (Fsp3) is 0.778. The normalized spacial score (nSPS) is 38.3. The molecular weight excluding hydrogens is 122 g/mol. The van der Waals surface area contributed by atoms with Gasteiger partial charge in [-0.2, -0.15) is 0 Å². The standard InChI is InChI=1S/C9H15N/c1-7-6-8-4-2-3-5-9(8)10-7/h6,8-10H,2-5H2,1H3. The van der Waals surface area contributed by atoms with Crippen LogP contribution >= 0.6 is 0 Å². The van der Waals surface area contributed by atoms with Crippen molar-refractivity contribution in [3.63, 3.8) is 0 Å². The molecule has 0 spiro atoms. The number of allylic oxidation sites excluding steroid dienone is 1. The summed E-state index contributed by atoms with van der Waals surface area (Å²) in [6.45, 7) is 2.18. The van der Waals surface area contributed by atoms with Crippen LogP contribution in [0, 0.1) is 5.92 Å². The molecule has 1 aliphatic carbocycles. The van der Waals surface area contributed by atoms with Gasteiger partial charge in [0.15, 0.2) is 0 Å². The highest BCUT2D eigenvalue weighted by molar-refractivity contribution is 5.12. The molecule has 56 valence electrons. The summed E-state index contributed by atoms with van der Waals surface area (Å²) in [6, 6.07) is 0.800. The molecule has 10 heavy (non-hydrogen) atoms. The zero-order valence-corrected chi connectivity index (χ0v) is 6.56. The molecule has 0 amide bonds. The van der Waals surface area contributed by atoms with Gasteiger partial charge in [-0.25, -0.2) is 0 Å². The largest absolute Gasteiger partial charge is 0.385 e. The number of fused-ring (bicyclic) bond motifs is 1. The Bertz CT molecular complexity index is 160. The van der Waals surface area contributed by atoms with Crippen molar-refractivity contribution in [2.75, 3.05) is 0 Å². The van der Waals surface area contributed by atoms with Gasteiger partial charge in [0.2, 0.25) is 0 Å². The van der Waals surface area contributed by atoms with Crippen LogP contribution in [0.2, 0.25) is 0 Å². The molecule has 1 heterocycles. The Kier molecular flexibility index (Phi) is 1.44. The molecule has 1 N–H and O–H groups in total. The molecule has 0 saturated heterocycles. The van der Waals surface area contributed by atoms with Crippen LogP contribution in [0.5, 0.6) is 0 Å². The van der Waals surface area contributed by atoms with E-state index in [0.29, 0.717) is 0 Å². The minimum Gasteiger partial charge on any atom is -0.385 e. The van der Waals surface area contributed by atoms with E-state index in [9.17, 15) is 0 Å². The molecule has 1 nitrogen and oxygen atoms in total. The average molecular weight is 137 g/mol. The third kappa shape index (κ3) is 0.938. The van der Waals surface area contributed by atoms with E-state index in [0.717, 1.165) is 12.0 Å². The smallest absolute Gasteiger partial charge is 0.0321 e. The highest BCUT2D eigenvalue weighted by Crippen LogP contribution is 2.30. The van der Waals surface area contributed by atoms with E-state index in [1.807, 2.05) is 0 Å². The number of hydrogen-bond acceptors (Lipinski definition) is 1. The lowest BCUT2D eigenvalue weighted by molar-refractivity contribution is 0.349. The van der Waals surface area contributed by atoms with Gasteiger partial charge >= 0.3 is 0 Å². The van der Waals surface area contributed by atoms with Gasteiger partial charge in [-0.05, 0) is 25.7 Å². The van der Waals surface area contributed by atoms with Crippen LogP contribution in [0.1, 0.15) is 32.6 Å². The minimum atomic E-state index is 0.800. The molecule has 0 bridgehead atoms. The first-order chi connectivity index (χ1) is 4.86. The Morgan fingerprint density at radius 1 is 1.40 bits per heavy atom. The van der Waals surface area contributed by atoms with Gasteiger partial charge in [0.25, 0.3) is 0 Å².